The fraction of sp³-hybridized carbons (Fsp3) is 0.500. The molecule has 1 unspecified atom stereocenters. The third-order valence-corrected chi connectivity index (χ3v) is 5.31. The van der Waals surface area contributed by atoms with E-state index in [1.165, 1.54) is 39.8 Å². The van der Waals surface area contributed by atoms with Crippen molar-refractivity contribution < 1.29 is 0 Å². The average Bonchev–Trinajstić information content (AvgIpc) is 2.92. The monoisotopic (exact) mass is 293 g/mol. The summed E-state index contributed by atoms with van der Waals surface area (Å²) < 4.78 is 4.33. The Morgan fingerprint density at radius 3 is 2.79 bits per heavy atom. The topological polar surface area (TPSA) is 50.9 Å². The first-order valence-corrected chi connectivity index (χ1v) is 8.37. The van der Waals surface area contributed by atoms with Gasteiger partial charge in [0.2, 0.25) is 0 Å². The zero-order chi connectivity index (χ0) is 13.4. The highest BCUT2D eigenvalue weighted by molar-refractivity contribution is 7.11. The van der Waals surface area contributed by atoms with Crippen molar-refractivity contribution >= 4 is 33.7 Å². The minimum absolute atomic E-state index is 0.345. The Labute approximate surface area is 122 Å². The van der Waals surface area contributed by atoms with E-state index in [1.807, 2.05) is 0 Å². The van der Waals surface area contributed by atoms with Crippen LogP contribution in [0.1, 0.15) is 49.1 Å². The van der Waals surface area contributed by atoms with Crippen LogP contribution < -0.4 is 11.1 Å². The van der Waals surface area contributed by atoms with E-state index >= 15 is 0 Å². The summed E-state index contributed by atoms with van der Waals surface area (Å²) >= 11 is 3.31. The van der Waals surface area contributed by atoms with Crippen LogP contribution in [-0.4, -0.2) is 4.37 Å². The minimum Gasteiger partial charge on any atom is -0.383 e. The van der Waals surface area contributed by atoms with Gasteiger partial charge in [-0.25, -0.2) is 0 Å². The zero-order valence-electron chi connectivity index (χ0n) is 11.2. The van der Waals surface area contributed by atoms with Gasteiger partial charge in [-0.1, -0.05) is 19.9 Å². The second-order valence-electron chi connectivity index (χ2n) is 5.47. The summed E-state index contributed by atoms with van der Waals surface area (Å²) in [7, 11) is 0. The molecule has 0 spiro atoms. The Hall–Kier alpha value is -1.07. The largest absolute Gasteiger partial charge is 0.383 e. The molecule has 5 heteroatoms. The first-order chi connectivity index (χ1) is 9.16. The van der Waals surface area contributed by atoms with Crippen molar-refractivity contribution in [2.24, 2.45) is 5.92 Å². The van der Waals surface area contributed by atoms with Crippen molar-refractivity contribution in [3.63, 3.8) is 0 Å². The maximum absolute atomic E-state index is 6.01. The first kappa shape index (κ1) is 12.9. The molecule has 2 aromatic rings. The lowest BCUT2D eigenvalue weighted by atomic mass is 10.0. The molecule has 3 N–H and O–H groups in total. The molecule has 0 saturated heterocycles. The van der Waals surface area contributed by atoms with E-state index in [2.05, 4.69) is 41.1 Å². The molecule has 1 fully saturated rings. The minimum atomic E-state index is 0.345. The van der Waals surface area contributed by atoms with Crippen LogP contribution in [-0.2, 0) is 0 Å². The predicted molar refractivity (Wildman–Crippen MR) is 84.0 cm³/mol. The molecule has 0 radical (unpaired) electrons. The summed E-state index contributed by atoms with van der Waals surface area (Å²) in [5.74, 6) is 1.90. The van der Waals surface area contributed by atoms with Gasteiger partial charge in [0.25, 0.3) is 0 Å². The van der Waals surface area contributed by atoms with E-state index in [-0.39, 0.29) is 0 Å². The Kier molecular flexibility index (Phi) is 3.50. The Bertz CT molecular complexity index is 541. The van der Waals surface area contributed by atoms with Crippen molar-refractivity contribution in [2.45, 2.75) is 38.6 Å². The van der Waals surface area contributed by atoms with Crippen LogP contribution in [0.5, 0.6) is 0 Å². The SMILES string of the molecule is CC(C)C(Nc1snc(N)c1C1CC1)c1cccs1. The number of thiophene rings is 1. The zero-order valence-corrected chi connectivity index (χ0v) is 12.9. The highest BCUT2D eigenvalue weighted by atomic mass is 32.1. The van der Waals surface area contributed by atoms with E-state index in [0.29, 0.717) is 17.9 Å². The van der Waals surface area contributed by atoms with Gasteiger partial charge < -0.3 is 11.1 Å². The van der Waals surface area contributed by atoms with Crippen LogP contribution in [0.15, 0.2) is 17.5 Å². The molecular formula is C14H19N3S2. The maximum Gasteiger partial charge on any atom is 0.142 e. The molecule has 1 aliphatic rings. The van der Waals surface area contributed by atoms with Crippen molar-refractivity contribution in [3.8, 4) is 0 Å². The lowest BCUT2D eigenvalue weighted by Gasteiger charge is -2.22. The number of hydrogen-bond acceptors (Lipinski definition) is 5. The smallest absolute Gasteiger partial charge is 0.142 e. The van der Waals surface area contributed by atoms with Gasteiger partial charge in [0.15, 0.2) is 0 Å². The van der Waals surface area contributed by atoms with Crippen LogP contribution in [0.25, 0.3) is 0 Å². The van der Waals surface area contributed by atoms with E-state index < -0.39 is 0 Å². The predicted octanol–water partition coefficient (Wildman–Crippen LogP) is 4.47. The molecule has 3 rings (SSSR count). The van der Waals surface area contributed by atoms with Gasteiger partial charge in [0, 0.05) is 10.4 Å². The molecule has 0 amide bonds. The number of hydrogen-bond donors (Lipinski definition) is 2. The van der Waals surface area contributed by atoms with Crippen molar-refractivity contribution in [3.05, 3.63) is 28.0 Å². The molecule has 3 nitrogen and oxygen atoms in total. The Morgan fingerprint density at radius 1 is 1.42 bits per heavy atom. The molecule has 2 aromatic heterocycles. The van der Waals surface area contributed by atoms with Gasteiger partial charge in [-0.2, -0.15) is 4.37 Å². The fourth-order valence-corrected chi connectivity index (χ4v) is 4.14. The average molecular weight is 293 g/mol. The van der Waals surface area contributed by atoms with Gasteiger partial charge in [-0.05, 0) is 47.7 Å². The van der Waals surface area contributed by atoms with E-state index in [1.54, 1.807) is 11.3 Å². The summed E-state index contributed by atoms with van der Waals surface area (Å²) in [4.78, 5) is 1.38. The van der Waals surface area contributed by atoms with E-state index in [0.717, 1.165) is 5.82 Å². The molecule has 102 valence electrons. The molecule has 1 atom stereocenters. The van der Waals surface area contributed by atoms with Crippen molar-refractivity contribution in [2.75, 3.05) is 11.1 Å². The molecule has 1 saturated carbocycles. The number of nitrogen functional groups attached to an aromatic ring is 1. The van der Waals surface area contributed by atoms with Crippen LogP contribution in [0.3, 0.4) is 0 Å². The molecule has 2 heterocycles. The summed E-state index contributed by atoms with van der Waals surface area (Å²) in [6, 6.07) is 4.65. The summed E-state index contributed by atoms with van der Waals surface area (Å²) in [6.45, 7) is 4.50. The molecule has 19 heavy (non-hydrogen) atoms. The molecular weight excluding hydrogens is 274 g/mol. The van der Waals surface area contributed by atoms with E-state index in [9.17, 15) is 0 Å². The number of nitrogens with two attached hydrogens (primary N) is 1. The number of nitrogens with one attached hydrogen (secondary N) is 1. The second-order valence-corrected chi connectivity index (χ2v) is 7.22. The van der Waals surface area contributed by atoms with Gasteiger partial charge >= 0.3 is 0 Å². The molecule has 0 aromatic carbocycles. The number of rotatable bonds is 5. The van der Waals surface area contributed by atoms with Crippen molar-refractivity contribution in [1.82, 2.24) is 4.37 Å². The third kappa shape index (κ3) is 2.62. The number of nitrogens with zero attached hydrogens (tertiary/aromatic N) is 1. The second kappa shape index (κ2) is 5.13. The summed E-state index contributed by atoms with van der Waals surface area (Å²) in [6.07, 6.45) is 2.51. The first-order valence-electron chi connectivity index (χ1n) is 6.71. The van der Waals surface area contributed by atoms with Gasteiger partial charge in [0.1, 0.15) is 10.8 Å². The number of aromatic nitrogens is 1. The quantitative estimate of drug-likeness (QED) is 0.855. The summed E-state index contributed by atoms with van der Waals surface area (Å²) in [5, 5.41) is 6.99. The normalized spacial score (nSPS) is 16.8. The Balaban J connectivity index is 1.86. The van der Waals surface area contributed by atoms with Crippen LogP contribution in [0, 0.1) is 5.92 Å². The molecule has 0 bridgehead atoms. The van der Waals surface area contributed by atoms with Gasteiger partial charge in [-0.3, -0.25) is 0 Å². The summed E-state index contributed by atoms with van der Waals surface area (Å²) in [5.41, 5.74) is 7.27. The van der Waals surface area contributed by atoms with Crippen LogP contribution in [0.2, 0.25) is 0 Å². The highest BCUT2D eigenvalue weighted by Gasteiger charge is 2.31. The third-order valence-electron chi connectivity index (χ3n) is 3.54. The lowest BCUT2D eigenvalue weighted by molar-refractivity contribution is 0.554. The van der Waals surface area contributed by atoms with Crippen LogP contribution in [0.4, 0.5) is 10.8 Å². The van der Waals surface area contributed by atoms with Gasteiger partial charge in [-0.15, -0.1) is 11.3 Å². The fourth-order valence-electron chi connectivity index (χ4n) is 2.36. The van der Waals surface area contributed by atoms with Crippen LogP contribution >= 0.6 is 22.9 Å². The molecule has 1 aliphatic carbocycles. The van der Waals surface area contributed by atoms with Gasteiger partial charge in [0.05, 0.1) is 6.04 Å². The maximum atomic E-state index is 6.01. The van der Waals surface area contributed by atoms with E-state index in [4.69, 9.17) is 5.73 Å². The Morgan fingerprint density at radius 2 is 2.21 bits per heavy atom. The standard InChI is InChI=1S/C14H19N3S2/c1-8(2)12(10-4-3-7-18-10)16-14-11(9-5-6-9)13(15)17-19-14/h3-4,7-9,12,16H,5-6H2,1-2H3,(H2,15,17). The van der Waals surface area contributed by atoms with Crippen molar-refractivity contribution in [1.29, 1.82) is 0 Å². The highest BCUT2D eigenvalue weighted by Crippen LogP contribution is 2.48. The lowest BCUT2D eigenvalue weighted by Crippen LogP contribution is -2.15. The molecule has 0 aliphatic heterocycles. The number of anilines is 2.